The summed E-state index contributed by atoms with van der Waals surface area (Å²) in [5.41, 5.74) is -3.68. The predicted octanol–water partition coefficient (Wildman–Crippen LogP) is 1.46. The van der Waals surface area contributed by atoms with E-state index in [1.165, 1.54) is 43.2 Å². The first kappa shape index (κ1) is 24.3. The number of methoxy groups -OCH3 is 1. The van der Waals surface area contributed by atoms with Crippen LogP contribution in [0.4, 0.5) is 18.4 Å². The molecule has 2 fully saturated rings. The van der Waals surface area contributed by atoms with E-state index in [0.29, 0.717) is 5.56 Å². The first-order chi connectivity index (χ1) is 18.5. The Morgan fingerprint density at radius 2 is 1.72 bits per heavy atom. The molecule has 39 heavy (non-hydrogen) atoms. The van der Waals surface area contributed by atoms with Crippen molar-refractivity contribution < 1.29 is 41.9 Å². The van der Waals surface area contributed by atoms with Crippen molar-refractivity contribution in [3.8, 4) is 5.75 Å². The van der Waals surface area contributed by atoms with E-state index in [0.717, 1.165) is 6.07 Å². The summed E-state index contributed by atoms with van der Waals surface area (Å²) in [6, 6.07) is 4.88. The largest absolute Gasteiger partial charge is 0.494 e. The molecule has 2 aromatic carbocycles. The van der Waals surface area contributed by atoms with Crippen molar-refractivity contribution in [2.75, 3.05) is 13.7 Å². The van der Waals surface area contributed by atoms with Crippen LogP contribution in [0.5, 0.6) is 5.75 Å². The van der Waals surface area contributed by atoms with Gasteiger partial charge in [-0.05, 0) is 30.7 Å². The molecule has 0 aliphatic carbocycles. The monoisotopic (exact) mass is 539 g/mol. The van der Waals surface area contributed by atoms with Crippen molar-refractivity contribution >= 4 is 40.8 Å². The second-order valence-electron chi connectivity index (χ2n) is 9.60. The van der Waals surface area contributed by atoms with Crippen LogP contribution < -0.4 is 26.0 Å². The Bertz CT molecular complexity index is 1670. The Hall–Kier alpha value is -5.01. The Balaban J connectivity index is 1.41. The molecular formula is C25H19F2N5O7. The number of nitrogens with zero attached hydrogens (tertiary/aromatic N) is 1. The number of fused-ring (bicyclic) bond motifs is 2. The van der Waals surface area contributed by atoms with Crippen molar-refractivity contribution in [2.45, 2.75) is 24.5 Å². The van der Waals surface area contributed by atoms with Crippen LogP contribution in [0.1, 0.15) is 34.2 Å². The van der Waals surface area contributed by atoms with Gasteiger partial charge in [0.1, 0.15) is 22.7 Å². The maximum absolute atomic E-state index is 15.1. The lowest BCUT2D eigenvalue weighted by molar-refractivity contribution is -0.125. The average molecular weight is 539 g/mol. The molecule has 7 amide bonds. The van der Waals surface area contributed by atoms with Gasteiger partial charge in [0, 0.05) is 23.6 Å². The third kappa shape index (κ3) is 3.37. The topological polar surface area (TPSA) is 159 Å². The smallest absolute Gasteiger partial charge is 0.322 e. The molecule has 1 aromatic heterocycles. The van der Waals surface area contributed by atoms with Gasteiger partial charge in [0.2, 0.25) is 0 Å². The average Bonchev–Trinajstić information content (AvgIpc) is 3.58. The predicted molar refractivity (Wildman–Crippen MR) is 126 cm³/mol. The number of imide groups is 2. The van der Waals surface area contributed by atoms with Gasteiger partial charge in [0.15, 0.2) is 17.1 Å². The van der Waals surface area contributed by atoms with Gasteiger partial charge in [-0.3, -0.25) is 25.0 Å². The highest BCUT2D eigenvalue weighted by Gasteiger charge is 2.53. The van der Waals surface area contributed by atoms with Gasteiger partial charge in [-0.2, -0.15) is 0 Å². The second kappa shape index (κ2) is 7.99. The molecule has 0 spiro atoms. The second-order valence-corrected chi connectivity index (χ2v) is 9.60. The fourth-order valence-electron chi connectivity index (χ4n) is 5.21. The molecule has 2 saturated heterocycles. The van der Waals surface area contributed by atoms with Crippen LogP contribution >= 0.6 is 0 Å². The fraction of sp³-hybridized carbons (Fsp3) is 0.240. The number of furan rings is 1. The summed E-state index contributed by atoms with van der Waals surface area (Å²) in [6.45, 7) is 0.826. The number of benzene rings is 2. The van der Waals surface area contributed by atoms with Crippen molar-refractivity contribution in [1.82, 2.24) is 26.2 Å². The third-order valence-corrected chi connectivity index (χ3v) is 7.25. The van der Waals surface area contributed by atoms with Gasteiger partial charge >= 0.3 is 12.1 Å². The molecule has 3 aromatic rings. The standard InChI is InChI=1S/C25H19F2N5O7/c1-24(20(34)28-22(36)30-24)12-5-11-6-16(39-15(11)7-13(12)26)25(21(35)29-23(37)31-25)9-32-8-10-3-4-14(38-2)18(27)17(10)19(32)33/h3-7H,8-9H2,1-2H3,(H2,28,30,34,36)(H2,29,31,35,37)/t24-,25?/m1/s1. The number of rotatable bonds is 5. The molecule has 0 bridgehead atoms. The quantitative estimate of drug-likeness (QED) is 0.357. The number of ether oxygens (including phenoxy) is 1. The lowest BCUT2D eigenvalue weighted by atomic mass is 9.90. The highest BCUT2D eigenvalue weighted by molar-refractivity contribution is 6.09. The number of urea groups is 2. The number of halogens is 2. The van der Waals surface area contributed by atoms with E-state index in [1.807, 2.05) is 0 Å². The van der Waals surface area contributed by atoms with Crippen molar-refractivity contribution in [2.24, 2.45) is 0 Å². The van der Waals surface area contributed by atoms with Gasteiger partial charge in [0.25, 0.3) is 17.7 Å². The molecule has 0 saturated carbocycles. The molecule has 3 aliphatic heterocycles. The molecule has 6 rings (SSSR count). The molecule has 4 heterocycles. The zero-order valence-electron chi connectivity index (χ0n) is 20.4. The summed E-state index contributed by atoms with van der Waals surface area (Å²) >= 11 is 0. The Kier molecular flexibility index (Phi) is 4.99. The molecule has 3 aliphatic rings. The zero-order chi connectivity index (χ0) is 27.9. The van der Waals surface area contributed by atoms with Gasteiger partial charge < -0.3 is 24.7 Å². The third-order valence-electron chi connectivity index (χ3n) is 7.25. The fourth-order valence-corrected chi connectivity index (χ4v) is 5.21. The molecule has 4 N–H and O–H groups in total. The first-order valence-electron chi connectivity index (χ1n) is 11.6. The van der Waals surface area contributed by atoms with Gasteiger partial charge in [-0.1, -0.05) is 6.07 Å². The Morgan fingerprint density at radius 1 is 1.00 bits per heavy atom. The lowest BCUT2D eigenvalue weighted by Gasteiger charge is -2.29. The van der Waals surface area contributed by atoms with Crippen LogP contribution in [0.3, 0.4) is 0 Å². The molecule has 12 nitrogen and oxygen atoms in total. The van der Waals surface area contributed by atoms with E-state index < -0.39 is 59.0 Å². The van der Waals surface area contributed by atoms with Crippen LogP contribution in [0.25, 0.3) is 11.0 Å². The van der Waals surface area contributed by atoms with Gasteiger partial charge in [-0.25, -0.2) is 18.4 Å². The number of amides is 7. The number of nitrogens with one attached hydrogen (secondary N) is 4. The van der Waals surface area contributed by atoms with E-state index in [1.54, 1.807) is 0 Å². The summed E-state index contributed by atoms with van der Waals surface area (Å²) in [5, 5.41) is 9.30. The highest BCUT2D eigenvalue weighted by atomic mass is 19.1. The number of carbonyl (C=O) groups excluding carboxylic acids is 5. The van der Waals surface area contributed by atoms with Crippen LogP contribution in [-0.2, 0) is 27.2 Å². The summed E-state index contributed by atoms with van der Waals surface area (Å²) in [7, 11) is 1.26. The van der Waals surface area contributed by atoms with E-state index in [4.69, 9.17) is 9.15 Å². The molecule has 0 radical (unpaired) electrons. The van der Waals surface area contributed by atoms with E-state index in [-0.39, 0.29) is 40.2 Å². The van der Waals surface area contributed by atoms with Crippen molar-refractivity contribution in [3.63, 3.8) is 0 Å². The minimum Gasteiger partial charge on any atom is -0.494 e. The maximum Gasteiger partial charge on any atom is 0.322 e. The summed E-state index contributed by atoms with van der Waals surface area (Å²) in [4.78, 5) is 63.8. The summed E-state index contributed by atoms with van der Waals surface area (Å²) in [6.07, 6.45) is 0. The van der Waals surface area contributed by atoms with E-state index >= 15 is 4.39 Å². The normalized spacial score (nSPS) is 24.1. The molecular weight excluding hydrogens is 520 g/mol. The minimum atomic E-state index is -1.94. The minimum absolute atomic E-state index is 0.0280. The van der Waals surface area contributed by atoms with Crippen LogP contribution in [0.15, 0.2) is 34.7 Å². The van der Waals surface area contributed by atoms with Crippen LogP contribution in [-0.4, -0.2) is 48.3 Å². The van der Waals surface area contributed by atoms with E-state index in [9.17, 15) is 28.4 Å². The van der Waals surface area contributed by atoms with E-state index in [2.05, 4.69) is 21.3 Å². The summed E-state index contributed by atoms with van der Waals surface area (Å²) < 4.78 is 40.8. The SMILES string of the molecule is COc1ccc2c(c1F)C(=O)N(CC1(c3cc4cc([C@@]5(C)NC(=O)NC5=O)c(F)cc4o3)NC(=O)NC1=O)C2. The van der Waals surface area contributed by atoms with Crippen molar-refractivity contribution in [3.05, 3.63) is 64.4 Å². The molecule has 200 valence electrons. The Labute approximate surface area is 217 Å². The van der Waals surface area contributed by atoms with Gasteiger partial charge in [0.05, 0.1) is 19.2 Å². The number of carbonyl (C=O) groups is 5. The number of hydrogen-bond acceptors (Lipinski definition) is 7. The lowest BCUT2D eigenvalue weighted by Crippen LogP contribution is -2.52. The maximum atomic E-state index is 15.1. The number of hydrogen-bond donors (Lipinski definition) is 4. The van der Waals surface area contributed by atoms with Gasteiger partial charge in [-0.15, -0.1) is 0 Å². The molecule has 2 atom stereocenters. The summed E-state index contributed by atoms with van der Waals surface area (Å²) in [5.74, 6) is -4.31. The zero-order valence-corrected chi connectivity index (χ0v) is 20.4. The molecule has 1 unspecified atom stereocenters. The van der Waals surface area contributed by atoms with Crippen molar-refractivity contribution in [1.29, 1.82) is 0 Å². The first-order valence-corrected chi connectivity index (χ1v) is 11.6. The highest BCUT2D eigenvalue weighted by Crippen LogP contribution is 2.38. The van der Waals surface area contributed by atoms with Crippen LogP contribution in [0.2, 0.25) is 0 Å². The Morgan fingerprint density at radius 3 is 2.36 bits per heavy atom. The molecule has 14 heteroatoms. The van der Waals surface area contributed by atoms with Crippen LogP contribution in [0, 0.1) is 11.6 Å².